The molecule has 3 aliphatic heterocycles. The lowest BCUT2D eigenvalue weighted by molar-refractivity contribution is -0.127. The maximum absolute atomic E-state index is 12.5. The van der Waals surface area contributed by atoms with Gasteiger partial charge < -0.3 is 10.1 Å². The van der Waals surface area contributed by atoms with E-state index in [1.54, 1.807) is 0 Å². The Bertz CT molecular complexity index is 710. The lowest BCUT2D eigenvalue weighted by Crippen LogP contribution is -2.50. The van der Waals surface area contributed by atoms with Crippen LogP contribution in [0.25, 0.3) is 0 Å². The molecule has 0 spiro atoms. The summed E-state index contributed by atoms with van der Waals surface area (Å²) in [5.41, 5.74) is 2.79. The Morgan fingerprint density at radius 2 is 1.96 bits per heavy atom. The van der Waals surface area contributed by atoms with Gasteiger partial charge in [0.15, 0.2) is 0 Å². The Morgan fingerprint density at radius 1 is 1.11 bits per heavy atom. The van der Waals surface area contributed by atoms with Gasteiger partial charge in [0.1, 0.15) is 5.75 Å². The van der Waals surface area contributed by atoms with E-state index < -0.39 is 0 Å². The molecule has 5 nitrogen and oxygen atoms in total. The van der Waals surface area contributed by atoms with Gasteiger partial charge in [-0.2, -0.15) is 0 Å². The number of rotatable bonds is 5. The topological polar surface area (TPSA) is 44.8 Å². The van der Waals surface area contributed by atoms with Gasteiger partial charge in [-0.1, -0.05) is 12.1 Å². The van der Waals surface area contributed by atoms with E-state index in [2.05, 4.69) is 33.3 Å². The third-order valence-corrected chi connectivity index (χ3v) is 6.98. The summed E-state index contributed by atoms with van der Waals surface area (Å²) < 4.78 is 5.63. The van der Waals surface area contributed by atoms with E-state index in [1.807, 2.05) is 0 Å². The van der Waals surface area contributed by atoms with Crippen LogP contribution in [0.2, 0.25) is 0 Å². The van der Waals surface area contributed by atoms with Crippen LogP contribution >= 0.6 is 0 Å². The lowest BCUT2D eigenvalue weighted by Gasteiger charge is -2.42. The molecule has 0 radical (unpaired) electrons. The van der Waals surface area contributed by atoms with Crippen LogP contribution in [0.15, 0.2) is 18.2 Å². The molecule has 5 heteroatoms. The molecule has 1 aliphatic carbocycles. The van der Waals surface area contributed by atoms with E-state index in [9.17, 15) is 4.79 Å². The molecule has 1 saturated carbocycles. The SMILES string of the molecule is O=C(NC1CC1)C1CCCN(C2CCN(Cc3ccc4c(c3)CCO4)CC2)C1. The van der Waals surface area contributed by atoms with Gasteiger partial charge in [-0.15, -0.1) is 0 Å². The molecule has 1 atom stereocenters. The average molecular weight is 384 g/mol. The first-order chi connectivity index (χ1) is 13.7. The second-order valence-corrected chi connectivity index (χ2v) is 9.16. The minimum Gasteiger partial charge on any atom is -0.493 e. The largest absolute Gasteiger partial charge is 0.493 e. The highest BCUT2D eigenvalue weighted by molar-refractivity contribution is 5.79. The molecule has 2 saturated heterocycles. The van der Waals surface area contributed by atoms with Crippen molar-refractivity contribution in [1.29, 1.82) is 0 Å². The first-order valence-electron chi connectivity index (χ1n) is 11.3. The highest BCUT2D eigenvalue weighted by atomic mass is 16.5. The summed E-state index contributed by atoms with van der Waals surface area (Å²) in [5.74, 6) is 1.60. The highest BCUT2D eigenvalue weighted by Gasteiger charge is 2.33. The predicted molar refractivity (Wildman–Crippen MR) is 109 cm³/mol. The molecule has 1 amide bonds. The van der Waals surface area contributed by atoms with Gasteiger partial charge in [-0.25, -0.2) is 0 Å². The standard InChI is InChI=1S/C23H33N3O2/c27-23(24-20-4-5-20)19-2-1-10-26(16-19)21-7-11-25(12-8-21)15-17-3-6-22-18(14-17)9-13-28-22/h3,6,14,19-21H,1-2,4-5,7-13,15-16H2,(H,24,27). The molecule has 1 unspecified atom stereocenters. The van der Waals surface area contributed by atoms with Crippen LogP contribution in [-0.4, -0.2) is 60.6 Å². The Balaban J connectivity index is 1.11. The van der Waals surface area contributed by atoms with Crippen molar-refractivity contribution in [3.63, 3.8) is 0 Å². The first-order valence-corrected chi connectivity index (χ1v) is 11.3. The van der Waals surface area contributed by atoms with Gasteiger partial charge in [-0.3, -0.25) is 14.6 Å². The fraction of sp³-hybridized carbons (Fsp3) is 0.696. The summed E-state index contributed by atoms with van der Waals surface area (Å²) in [5, 5.41) is 3.22. The van der Waals surface area contributed by atoms with Gasteiger partial charge in [0, 0.05) is 31.6 Å². The van der Waals surface area contributed by atoms with Gasteiger partial charge >= 0.3 is 0 Å². The van der Waals surface area contributed by atoms with Crippen molar-refractivity contribution >= 4 is 5.91 Å². The molecule has 28 heavy (non-hydrogen) atoms. The van der Waals surface area contributed by atoms with Crippen LogP contribution in [0.5, 0.6) is 5.75 Å². The van der Waals surface area contributed by atoms with Crippen molar-refractivity contribution in [1.82, 2.24) is 15.1 Å². The Hall–Kier alpha value is -1.59. The Labute approximate surface area is 168 Å². The molecule has 0 aromatic heterocycles. The summed E-state index contributed by atoms with van der Waals surface area (Å²) in [4.78, 5) is 17.7. The molecule has 1 N–H and O–H groups in total. The summed E-state index contributed by atoms with van der Waals surface area (Å²) in [7, 11) is 0. The molecule has 4 aliphatic rings. The zero-order chi connectivity index (χ0) is 18.9. The monoisotopic (exact) mass is 383 g/mol. The number of piperidine rings is 2. The van der Waals surface area contributed by atoms with Crippen LogP contribution in [0, 0.1) is 5.92 Å². The maximum Gasteiger partial charge on any atom is 0.224 e. The number of likely N-dealkylation sites (tertiary alicyclic amines) is 2. The number of carbonyl (C=O) groups excluding carboxylic acids is 1. The minimum atomic E-state index is 0.209. The number of hydrogen-bond donors (Lipinski definition) is 1. The van der Waals surface area contributed by atoms with E-state index in [4.69, 9.17) is 4.74 Å². The maximum atomic E-state index is 12.5. The first kappa shape index (κ1) is 18.4. The van der Waals surface area contributed by atoms with Gasteiger partial charge in [-0.05, 0) is 75.4 Å². The molecule has 0 bridgehead atoms. The van der Waals surface area contributed by atoms with Gasteiger partial charge in [0.2, 0.25) is 5.91 Å². The molecule has 3 heterocycles. The number of benzene rings is 1. The molecular weight excluding hydrogens is 350 g/mol. The number of fused-ring (bicyclic) bond motifs is 1. The predicted octanol–water partition coefficient (Wildman–Crippen LogP) is 2.58. The van der Waals surface area contributed by atoms with Crippen LogP contribution in [0.4, 0.5) is 0 Å². The van der Waals surface area contributed by atoms with E-state index in [-0.39, 0.29) is 5.92 Å². The van der Waals surface area contributed by atoms with Gasteiger partial charge in [0.05, 0.1) is 12.5 Å². The van der Waals surface area contributed by atoms with Crippen LogP contribution in [0.3, 0.4) is 0 Å². The average Bonchev–Trinajstić information content (AvgIpc) is 3.42. The smallest absolute Gasteiger partial charge is 0.224 e. The summed E-state index contributed by atoms with van der Waals surface area (Å²) in [6, 6.07) is 7.84. The third kappa shape index (κ3) is 4.20. The summed E-state index contributed by atoms with van der Waals surface area (Å²) >= 11 is 0. The van der Waals surface area contributed by atoms with Crippen LogP contribution in [0.1, 0.15) is 49.7 Å². The fourth-order valence-corrected chi connectivity index (χ4v) is 5.14. The Kier molecular flexibility index (Phi) is 5.29. The number of hydrogen-bond acceptors (Lipinski definition) is 4. The molecule has 5 rings (SSSR count). The lowest BCUT2D eigenvalue weighted by atomic mass is 9.93. The second kappa shape index (κ2) is 8.03. The number of amides is 1. The zero-order valence-corrected chi connectivity index (χ0v) is 16.9. The summed E-state index contributed by atoms with van der Waals surface area (Å²) in [6.45, 7) is 6.34. The minimum absolute atomic E-state index is 0.209. The van der Waals surface area contributed by atoms with Crippen molar-refractivity contribution in [3.8, 4) is 5.75 Å². The molecule has 1 aromatic rings. The number of nitrogens with zero attached hydrogens (tertiary/aromatic N) is 2. The molecular formula is C23H33N3O2. The third-order valence-electron chi connectivity index (χ3n) is 6.98. The number of ether oxygens (including phenoxy) is 1. The number of carbonyl (C=O) groups is 1. The van der Waals surface area contributed by atoms with Gasteiger partial charge in [0.25, 0.3) is 0 Å². The normalized spacial score (nSPS) is 26.6. The second-order valence-electron chi connectivity index (χ2n) is 9.16. The summed E-state index contributed by atoms with van der Waals surface area (Å²) in [6.07, 6.45) is 8.09. The molecule has 3 fully saturated rings. The fourth-order valence-electron chi connectivity index (χ4n) is 5.14. The molecule has 152 valence electrons. The molecule has 1 aromatic carbocycles. The van der Waals surface area contributed by atoms with E-state index in [0.717, 1.165) is 51.4 Å². The zero-order valence-electron chi connectivity index (χ0n) is 16.9. The quantitative estimate of drug-likeness (QED) is 0.849. The van der Waals surface area contributed by atoms with Crippen molar-refractivity contribution in [2.24, 2.45) is 5.92 Å². The van der Waals surface area contributed by atoms with E-state index in [0.29, 0.717) is 18.0 Å². The van der Waals surface area contributed by atoms with E-state index >= 15 is 0 Å². The highest BCUT2D eigenvalue weighted by Crippen LogP contribution is 2.28. The van der Waals surface area contributed by atoms with Crippen molar-refractivity contribution in [2.45, 2.75) is 63.6 Å². The van der Waals surface area contributed by atoms with E-state index in [1.165, 1.54) is 49.8 Å². The van der Waals surface area contributed by atoms with Crippen molar-refractivity contribution < 1.29 is 9.53 Å². The van der Waals surface area contributed by atoms with Crippen molar-refractivity contribution in [2.75, 3.05) is 32.8 Å². The van der Waals surface area contributed by atoms with Crippen molar-refractivity contribution in [3.05, 3.63) is 29.3 Å². The Morgan fingerprint density at radius 3 is 2.79 bits per heavy atom. The number of nitrogens with one attached hydrogen (secondary N) is 1. The van der Waals surface area contributed by atoms with Crippen LogP contribution in [-0.2, 0) is 17.8 Å². The van der Waals surface area contributed by atoms with Crippen LogP contribution < -0.4 is 10.1 Å².